The summed E-state index contributed by atoms with van der Waals surface area (Å²) in [6.45, 7) is 4.07. The number of nitrogen functional groups attached to an aromatic ring is 1. The summed E-state index contributed by atoms with van der Waals surface area (Å²) in [6, 6.07) is 7.84. The predicted octanol–water partition coefficient (Wildman–Crippen LogP) is 3.22. The summed E-state index contributed by atoms with van der Waals surface area (Å²) < 4.78 is 7.52. The normalized spacial score (nSPS) is 21.8. The van der Waals surface area contributed by atoms with Crippen LogP contribution in [0.5, 0.6) is 5.75 Å². The molecule has 1 aromatic carbocycles. The molecule has 2 bridgehead atoms. The van der Waals surface area contributed by atoms with Gasteiger partial charge in [0.2, 0.25) is 11.9 Å². The molecule has 2 atom stereocenters. The molecule has 0 amide bonds. The molecule has 3 heterocycles. The van der Waals surface area contributed by atoms with Crippen LogP contribution in [0.4, 0.5) is 17.6 Å². The van der Waals surface area contributed by atoms with Crippen molar-refractivity contribution in [3.05, 3.63) is 41.9 Å². The molecule has 0 spiro atoms. The maximum Gasteiger partial charge on any atom is 0.248 e. The molecule has 0 radical (unpaired) electrons. The van der Waals surface area contributed by atoms with E-state index in [0.29, 0.717) is 30.3 Å². The third-order valence-electron chi connectivity index (χ3n) is 6.94. The van der Waals surface area contributed by atoms with Gasteiger partial charge >= 0.3 is 0 Å². The number of benzene rings is 1. The fourth-order valence-corrected chi connectivity index (χ4v) is 5.37. The number of nitrogens with two attached hydrogens (primary N) is 1. The minimum absolute atomic E-state index is 0.318. The summed E-state index contributed by atoms with van der Waals surface area (Å²) in [5, 5.41) is 7.83. The van der Waals surface area contributed by atoms with E-state index < -0.39 is 0 Å². The highest BCUT2D eigenvalue weighted by atomic mass is 16.5. The highest BCUT2D eigenvalue weighted by Crippen LogP contribution is 2.53. The van der Waals surface area contributed by atoms with Crippen LogP contribution in [0.3, 0.4) is 0 Å². The molecule has 1 saturated carbocycles. The monoisotopic (exact) mass is 432 g/mol. The molecule has 166 valence electrons. The van der Waals surface area contributed by atoms with E-state index in [2.05, 4.69) is 30.3 Å². The Bertz CT molecular complexity index is 1110. The van der Waals surface area contributed by atoms with E-state index >= 15 is 0 Å². The van der Waals surface area contributed by atoms with Crippen molar-refractivity contribution >= 4 is 17.6 Å². The van der Waals surface area contributed by atoms with Crippen LogP contribution in [0.25, 0.3) is 5.82 Å². The van der Waals surface area contributed by atoms with E-state index in [9.17, 15) is 0 Å². The molecule has 3 aliphatic rings. The topological polar surface area (TPSA) is 107 Å². The number of nitrogens with zero attached hydrogens (tertiary/aromatic N) is 6. The molecule has 6 rings (SSSR count). The summed E-state index contributed by atoms with van der Waals surface area (Å²) in [6.07, 6.45) is 7.78. The Morgan fingerprint density at radius 1 is 1.06 bits per heavy atom. The highest BCUT2D eigenvalue weighted by molar-refractivity contribution is 5.56. The maximum atomic E-state index is 6.21. The first-order valence-corrected chi connectivity index (χ1v) is 11.5. The fourth-order valence-electron chi connectivity index (χ4n) is 5.37. The van der Waals surface area contributed by atoms with Crippen LogP contribution >= 0.6 is 0 Å². The van der Waals surface area contributed by atoms with Crippen molar-refractivity contribution in [1.29, 1.82) is 0 Å². The van der Waals surface area contributed by atoms with Crippen LogP contribution in [0.2, 0.25) is 0 Å². The van der Waals surface area contributed by atoms with Crippen LogP contribution in [-0.4, -0.2) is 55.9 Å². The molecule has 1 saturated heterocycles. The van der Waals surface area contributed by atoms with E-state index in [1.165, 1.54) is 44.3 Å². The number of anilines is 3. The second-order valence-electron chi connectivity index (χ2n) is 8.96. The number of hydrogen-bond acceptors (Lipinski definition) is 8. The van der Waals surface area contributed by atoms with E-state index in [0.717, 1.165) is 35.9 Å². The SMILES string of the molecule is Nc1nc(Nc2ccc(OCCN3CCCC3)cc2)nn1-c1ncnc2c1C1CCC2C1. The standard InChI is InChI=1S/C23H28N8O/c24-22-28-23(27-17-5-7-18(8-6-17)32-12-11-30-9-1-2-10-30)29-31(22)21-19-15-3-4-16(13-15)20(19)25-14-26-21/h5-8,14-16H,1-4,9-13H2,(H3,24,27,28,29). The van der Waals surface area contributed by atoms with E-state index in [1.54, 1.807) is 11.0 Å². The van der Waals surface area contributed by atoms with Gasteiger partial charge in [-0.3, -0.25) is 4.90 Å². The molecule has 2 aliphatic carbocycles. The van der Waals surface area contributed by atoms with Gasteiger partial charge in [-0.2, -0.15) is 9.67 Å². The average Bonchev–Trinajstić information content (AvgIpc) is 3.60. The minimum Gasteiger partial charge on any atom is -0.492 e. The van der Waals surface area contributed by atoms with Gasteiger partial charge in [-0.15, -0.1) is 5.10 Å². The van der Waals surface area contributed by atoms with Crippen LogP contribution < -0.4 is 15.8 Å². The molecule has 2 aromatic heterocycles. The molecular formula is C23H28N8O. The molecule has 2 fully saturated rings. The van der Waals surface area contributed by atoms with E-state index in [4.69, 9.17) is 10.5 Å². The predicted molar refractivity (Wildman–Crippen MR) is 122 cm³/mol. The van der Waals surface area contributed by atoms with Crippen molar-refractivity contribution in [3.8, 4) is 11.6 Å². The Hall–Kier alpha value is -3.20. The highest BCUT2D eigenvalue weighted by Gasteiger charge is 2.41. The van der Waals surface area contributed by atoms with Crippen molar-refractivity contribution in [2.24, 2.45) is 0 Å². The van der Waals surface area contributed by atoms with Crippen LogP contribution in [-0.2, 0) is 0 Å². The molecule has 9 heteroatoms. The lowest BCUT2D eigenvalue weighted by Gasteiger charge is -2.16. The van der Waals surface area contributed by atoms with Crippen LogP contribution in [0.1, 0.15) is 55.2 Å². The zero-order valence-electron chi connectivity index (χ0n) is 18.1. The Labute approximate surface area is 187 Å². The summed E-state index contributed by atoms with van der Waals surface area (Å²) in [5.74, 6) is 3.44. The van der Waals surface area contributed by atoms with E-state index in [1.807, 2.05) is 24.3 Å². The molecule has 3 N–H and O–H groups in total. The van der Waals surface area contributed by atoms with Crippen LogP contribution in [0.15, 0.2) is 30.6 Å². The van der Waals surface area contributed by atoms with Gasteiger partial charge in [0.05, 0.1) is 5.69 Å². The summed E-state index contributed by atoms with van der Waals surface area (Å²) >= 11 is 0. The molecular weight excluding hydrogens is 404 g/mol. The Balaban J connectivity index is 1.14. The maximum absolute atomic E-state index is 6.21. The zero-order valence-corrected chi connectivity index (χ0v) is 18.1. The number of hydrogen-bond donors (Lipinski definition) is 2. The molecule has 9 nitrogen and oxygen atoms in total. The van der Waals surface area contributed by atoms with Crippen molar-refractivity contribution in [1.82, 2.24) is 29.6 Å². The van der Waals surface area contributed by atoms with Gasteiger partial charge in [-0.1, -0.05) is 0 Å². The van der Waals surface area contributed by atoms with Gasteiger partial charge in [0.1, 0.15) is 18.7 Å². The van der Waals surface area contributed by atoms with E-state index in [-0.39, 0.29) is 0 Å². The molecule has 2 unspecified atom stereocenters. The van der Waals surface area contributed by atoms with Gasteiger partial charge in [0.15, 0.2) is 5.82 Å². The fraction of sp³-hybridized carbons (Fsp3) is 0.478. The summed E-state index contributed by atoms with van der Waals surface area (Å²) in [4.78, 5) is 15.9. The first kappa shape index (κ1) is 19.5. The van der Waals surface area contributed by atoms with Crippen molar-refractivity contribution in [2.45, 2.75) is 43.9 Å². The Morgan fingerprint density at radius 2 is 1.88 bits per heavy atom. The Kier molecular flexibility index (Phi) is 4.90. The second kappa shape index (κ2) is 8.05. The number of likely N-dealkylation sites (tertiary alicyclic amines) is 1. The van der Waals surface area contributed by atoms with Gasteiger partial charge < -0.3 is 15.8 Å². The zero-order chi connectivity index (χ0) is 21.5. The lowest BCUT2D eigenvalue weighted by Crippen LogP contribution is -2.25. The smallest absolute Gasteiger partial charge is 0.248 e. The quantitative estimate of drug-likeness (QED) is 0.586. The van der Waals surface area contributed by atoms with Crippen molar-refractivity contribution < 1.29 is 4.74 Å². The number of nitrogens with one attached hydrogen (secondary N) is 1. The van der Waals surface area contributed by atoms with Gasteiger partial charge in [-0.25, -0.2) is 9.97 Å². The summed E-state index contributed by atoms with van der Waals surface area (Å²) in [7, 11) is 0. The van der Waals surface area contributed by atoms with Crippen molar-refractivity contribution in [2.75, 3.05) is 37.3 Å². The largest absolute Gasteiger partial charge is 0.492 e. The van der Waals surface area contributed by atoms with Gasteiger partial charge in [0.25, 0.3) is 0 Å². The lowest BCUT2D eigenvalue weighted by atomic mass is 9.96. The molecule has 3 aromatic rings. The first-order chi connectivity index (χ1) is 15.7. The van der Waals surface area contributed by atoms with Crippen LogP contribution in [0, 0.1) is 0 Å². The number of fused-ring (bicyclic) bond motifs is 5. The lowest BCUT2D eigenvalue weighted by molar-refractivity contribution is 0.238. The summed E-state index contributed by atoms with van der Waals surface area (Å²) in [5.41, 5.74) is 9.45. The average molecular weight is 433 g/mol. The third kappa shape index (κ3) is 3.56. The Morgan fingerprint density at radius 3 is 2.72 bits per heavy atom. The number of aromatic nitrogens is 5. The van der Waals surface area contributed by atoms with Gasteiger partial charge in [-0.05, 0) is 75.4 Å². The van der Waals surface area contributed by atoms with Gasteiger partial charge in [0, 0.05) is 23.7 Å². The van der Waals surface area contributed by atoms with Crippen molar-refractivity contribution in [3.63, 3.8) is 0 Å². The second-order valence-corrected chi connectivity index (χ2v) is 8.96. The molecule has 32 heavy (non-hydrogen) atoms. The first-order valence-electron chi connectivity index (χ1n) is 11.5. The number of ether oxygens (including phenoxy) is 1. The third-order valence-corrected chi connectivity index (χ3v) is 6.94. The minimum atomic E-state index is 0.318. The number of rotatable bonds is 7. The molecule has 1 aliphatic heterocycles.